The van der Waals surface area contributed by atoms with E-state index >= 15 is 0 Å². The topological polar surface area (TPSA) is 64.1 Å². The predicted molar refractivity (Wildman–Crippen MR) is 71.0 cm³/mol. The molecule has 5 N–H and O–H groups in total. The highest BCUT2D eigenvalue weighted by molar-refractivity contribution is 5.49. The summed E-state index contributed by atoms with van der Waals surface area (Å²) < 4.78 is 26.9. The number of hydrogen-bond donors (Lipinski definition) is 3. The molecule has 0 aliphatic heterocycles. The van der Waals surface area contributed by atoms with Gasteiger partial charge in [0, 0.05) is 5.69 Å². The second kappa shape index (κ2) is 5.77. The highest BCUT2D eigenvalue weighted by atomic mass is 19.1. The third-order valence-corrected chi connectivity index (χ3v) is 3.01. The second-order valence-corrected chi connectivity index (χ2v) is 4.29. The first kappa shape index (κ1) is 13.5. The molecule has 19 heavy (non-hydrogen) atoms. The maximum absolute atomic E-state index is 13.6. The minimum absolute atomic E-state index is 0.289. The van der Waals surface area contributed by atoms with Crippen LogP contribution in [-0.4, -0.2) is 0 Å². The standard InChI is InChI=1S/C14H15F2N3/c15-10-5-6-13(17)11(8-10)14(19-18)7-9-3-1-2-4-12(9)16/h1-6,8,14,19H,7,17-18H2. The first-order chi connectivity index (χ1) is 9.11. The van der Waals surface area contributed by atoms with Gasteiger partial charge in [-0.05, 0) is 41.8 Å². The summed E-state index contributed by atoms with van der Waals surface area (Å²) in [5, 5.41) is 0. The zero-order valence-electron chi connectivity index (χ0n) is 10.2. The SMILES string of the molecule is NNC(Cc1ccccc1F)c1cc(F)ccc1N. The van der Waals surface area contributed by atoms with Crippen molar-refractivity contribution in [1.82, 2.24) is 5.43 Å². The van der Waals surface area contributed by atoms with E-state index in [1.165, 1.54) is 24.3 Å². The van der Waals surface area contributed by atoms with Gasteiger partial charge in [-0.2, -0.15) is 0 Å². The van der Waals surface area contributed by atoms with Crippen LogP contribution in [0.1, 0.15) is 17.2 Å². The van der Waals surface area contributed by atoms with Crippen LogP contribution in [0.3, 0.4) is 0 Å². The molecule has 0 spiro atoms. The number of benzene rings is 2. The largest absolute Gasteiger partial charge is 0.398 e. The monoisotopic (exact) mass is 263 g/mol. The number of nitrogens with two attached hydrogens (primary N) is 2. The fraction of sp³-hybridized carbons (Fsp3) is 0.143. The van der Waals surface area contributed by atoms with Crippen LogP contribution in [0.15, 0.2) is 42.5 Å². The molecule has 0 fully saturated rings. The van der Waals surface area contributed by atoms with Gasteiger partial charge in [-0.25, -0.2) is 8.78 Å². The van der Waals surface area contributed by atoms with E-state index in [1.54, 1.807) is 18.2 Å². The van der Waals surface area contributed by atoms with E-state index in [0.717, 1.165) is 0 Å². The van der Waals surface area contributed by atoms with Crippen LogP contribution in [0.4, 0.5) is 14.5 Å². The molecule has 3 nitrogen and oxygen atoms in total. The summed E-state index contributed by atoms with van der Waals surface area (Å²) in [6, 6.07) is 9.98. The van der Waals surface area contributed by atoms with Gasteiger partial charge in [0.2, 0.25) is 0 Å². The van der Waals surface area contributed by atoms with Crippen LogP contribution in [0.5, 0.6) is 0 Å². The van der Waals surface area contributed by atoms with Crippen molar-refractivity contribution in [2.45, 2.75) is 12.5 Å². The van der Waals surface area contributed by atoms with Crippen molar-refractivity contribution in [3.8, 4) is 0 Å². The van der Waals surface area contributed by atoms with Gasteiger partial charge < -0.3 is 5.73 Å². The summed E-state index contributed by atoms with van der Waals surface area (Å²) in [4.78, 5) is 0. The van der Waals surface area contributed by atoms with E-state index < -0.39 is 11.9 Å². The van der Waals surface area contributed by atoms with Gasteiger partial charge in [-0.15, -0.1) is 0 Å². The Morgan fingerprint density at radius 2 is 1.84 bits per heavy atom. The lowest BCUT2D eigenvalue weighted by molar-refractivity contribution is 0.526. The first-order valence-corrected chi connectivity index (χ1v) is 5.86. The molecule has 0 amide bonds. The van der Waals surface area contributed by atoms with Gasteiger partial charge >= 0.3 is 0 Å². The Morgan fingerprint density at radius 1 is 1.11 bits per heavy atom. The number of halogens is 2. The Bertz CT molecular complexity index is 572. The Labute approximate surface area is 110 Å². The van der Waals surface area contributed by atoms with Crippen molar-refractivity contribution in [2.24, 2.45) is 5.84 Å². The Hall–Kier alpha value is -1.98. The molecule has 0 bridgehead atoms. The van der Waals surface area contributed by atoms with Crippen LogP contribution in [0.25, 0.3) is 0 Å². The number of rotatable bonds is 4. The first-order valence-electron chi connectivity index (χ1n) is 5.86. The lowest BCUT2D eigenvalue weighted by Gasteiger charge is -2.18. The van der Waals surface area contributed by atoms with Gasteiger partial charge in [0.1, 0.15) is 11.6 Å². The van der Waals surface area contributed by atoms with Crippen molar-refractivity contribution >= 4 is 5.69 Å². The van der Waals surface area contributed by atoms with Gasteiger partial charge in [0.15, 0.2) is 0 Å². The fourth-order valence-electron chi connectivity index (χ4n) is 1.99. The molecule has 0 radical (unpaired) electrons. The smallest absolute Gasteiger partial charge is 0.126 e. The molecule has 1 atom stereocenters. The minimum Gasteiger partial charge on any atom is -0.398 e. The molecule has 5 heteroatoms. The molecule has 0 aliphatic carbocycles. The summed E-state index contributed by atoms with van der Waals surface area (Å²) in [6.45, 7) is 0. The maximum Gasteiger partial charge on any atom is 0.126 e. The Morgan fingerprint density at radius 3 is 2.53 bits per heavy atom. The van der Waals surface area contributed by atoms with Crippen molar-refractivity contribution in [2.75, 3.05) is 5.73 Å². The van der Waals surface area contributed by atoms with Crippen LogP contribution in [-0.2, 0) is 6.42 Å². The van der Waals surface area contributed by atoms with Gasteiger partial charge in [-0.3, -0.25) is 11.3 Å². The predicted octanol–water partition coefficient (Wildman–Crippen LogP) is 2.29. The number of nitrogens with one attached hydrogen (secondary N) is 1. The highest BCUT2D eigenvalue weighted by Crippen LogP contribution is 2.25. The maximum atomic E-state index is 13.6. The van der Waals surface area contributed by atoms with Gasteiger partial charge in [0.05, 0.1) is 6.04 Å². The molecule has 0 heterocycles. The second-order valence-electron chi connectivity index (χ2n) is 4.29. The summed E-state index contributed by atoms with van der Waals surface area (Å²) in [5.74, 6) is 4.75. The lowest BCUT2D eigenvalue weighted by Crippen LogP contribution is -2.30. The molecule has 100 valence electrons. The van der Waals surface area contributed by atoms with E-state index in [0.29, 0.717) is 16.8 Å². The van der Waals surface area contributed by atoms with E-state index in [9.17, 15) is 8.78 Å². The van der Waals surface area contributed by atoms with E-state index in [1.807, 2.05) is 0 Å². The number of hydrogen-bond acceptors (Lipinski definition) is 3. The quantitative estimate of drug-likeness (QED) is 0.450. The van der Waals surface area contributed by atoms with Crippen LogP contribution in [0.2, 0.25) is 0 Å². The minimum atomic E-state index is -0.451. The van der Waals surface area contributed by atoms with Crippen molar-refractivity contribution in [3.05, 3.63) is 65.2 Å². The average molecular weight is 263 g/mol. The van der Waals surface area contributed by atoms with Crippen LogP contribution < -0.4 is 17.0 Å². The van der Waals surface area contributed by atoms with Crippen molar-refractivity contribution < 1.29 is 8.78 Å². The summed E-state index contributed by atoms with van der Waals surface area (Å²) in [5.41, 5.74) is 9.78. The number of nitrogen functional groups attached to an aromatic ring is 1. The van der Waals surface area contributed by atoms with E-state index in [4.69, 9.17) is 11.6 Å². The molecular weight excluding hydrogens is 248 g/mol. The summed E-state index contributed by atoms with van der Waals surface area (Å²) in [7, 11) is 0. The van der Waals surface area contributed by atoms with Crippen LogP contribution >= 0.6 is 0 Å². The summed E-state index contributed by atoms with van der Waals surface area (Å²) in [6.07, 6.45) is 0.289. The average Bonchev–Trinajstić information content (AvgIpc) is 2.41. The molecule has 2 aromatic carbocycles. The molecule has 0 saturated heterocycles. The zero-order valence-corrected chi connectivity index (χ0v) is 10.2. The number of hydrazine groups is 1. The molecule has 0 aliphatic rings. The fourth-order valence-corrected chi connectivity index (χ4v) is 1.99. The molecule has 2 aromatic rings. The summed E-state index contributed by atoms with van der Waals surface area (Å²) >= 11 is 0. The normalized spacial score (nSPS) is 12.4. The molecule has 0 saturated carbocycles. The lowest BCUT2D eigenvalue weighted by atomic mass is 9.97. The molecule has 0 aromatic heterocycles. The third-order valence-electron chi connectivity index (χ3n) is 3.01. The number of anilines is 1. The van der Waals surface area contributed by atoms with Crippen molar-refractivity contribution in [1.29, 1.82) is 0 Å². The molecular formula is C14H15F2N3. The third kappa shape index (κ3) is 3.07. The van der Waals surface area contributed by atoms with Crippen LogP contribution in [0, 0.1) is 11.6 Å². The molecule has 1 unspecified atom stereocenters. The highest BCUT2D eigenvalue weighted by Gasteiger charge is 2.16. The molecule has 2 rings (SSSR count). The van der Waals surface area contributed by atoms with Crippen molar-refractivity contribution in [3.63, 3.8) is 0 Å². The van der Waals surface area contributed by atoms with E-state index in [2.05, 4.69) is 5.43 Å². The zero-order chi connectivity index (χ0) is 13.8. The Kier molecular flexibility index (Phi) is 4.09. The van der Waals surface area contributed by atoms with E-state index in [-0.39, 0.29) is 12.2 Å². The Balaban J connectivity index is 2.30. The van der Waals surface area contributed by atoms with Gasteiger partial charge in [-0.1, -0.05) is 18.2 Å². The van der Waals surface area contributed by atoms with Gasteiger partial charge in [0.25, 0.3) is 0 Å².